The molecular formula is C14H18N4O. The number of carbonyl (C=O) groups excluding carboxylic acids is 1. The summed E-state index contributed by atoms with van der Waals surface area (Å²) < 4.78 is 1.78. The first-order chi connectivity index (χ1) is 9.09. The number of nitrogens with one attached hydrogen (secondary N) is 1. The minimum Gasteiger partial charge on any atom is -0.350 e. The predicted molar refractivity (Wildman–Crippen MR) is 73.2 cm³/mol. The molecule has 0 saturated carbocycles. The Morgan fingerprint density at radius 2 is 2.11 bits per heavy atom. The standard InChI is InChI=1S/C14H18N4O/c1-10-12(9-17-18(10)2)8-16-14(19)13(15)11-6-4-3-5-7-11/h3-7,9,13H,8,15H2,1-2H3,(H,16,19)/t13-/m1/s1. The van der Waals surface area contributed by atoms with Gasteiger partial charge in [-0.3, -0.25) is 9.48 Å². The molecule has 0 aliphatic carbocycles. The van der Waals surface area contributed by atoms with E-state index < -0.39 is 6.04 Å². The van der Waals surface area contributed by atoms with Gasteiger partial charge in [-0.05, 0) is 12.5 Å². The van der Waals surface area contributed by atoms with Crippen molar-refractivity contribution in [3.05, 3.63) is 53.3 Å². The highest BCUT2D eigenvalue weighted by Crippen LogP contribution is 2.10. The van der Waals surface area contributed by atoms with Gasteiger partial charge in [0, 0.05) is 24.8 Å². The lowest BCUT2D eigenvalue weighted by Crippen LogP contribution is -2.33. The van der Waals surface area contributed by atoms with E-state index in [0.717, 1.165) is 16.8 Å². The molecule has 0 aliphatic heterocycles. The summed E-state index contributed by atoms with van der Waals surface area (Å²) in [5.41, 5.74) is 8.75. The van der Waals surface area contributed by atoms with E-state index in [1.54, 1.807) is 10.9 Å². The quantitative estimate of drug-likeness (QED) is 0.860. The summed E-state index contributed by atoms with van der Waals surface area (Å²) in [5.74, 6) is -0.186. The molecule has 5 nitrogen and oxygen atoms in total. The Hall–Kier alpha value is -2.14. The van der Waals surface area contributed by atoms with Gasteiger partial charge in [-0.2, -0.15) is 5.10 Å². The molecule has 2 rings (SSSR count). The summed E-state index contributed by atoms with van der Waals surface area (Å²) >= 11 is 0. The molecule has 0 bridgehead atoms. The van der Waals surface area contributed by atoms with E-state index >= 15 is 0 Å². The number of aromatic nitrogens is 2. The maximum Gasteiger partial charge on any atom is 0.241 e. The molecule has 1 amide bonds. The Labute approximate surface area is 112 Å². The highest BCUT2D eigenvalue weighted by Gasteiger charge is 2.15. The van der Waals surface area contributed by atoms with Gasteiger partial charge in [-0.15, -0.1) is 0 Å². The number of benzene rings is 1. The molecule has 1 aromatic heterocycles. The molecule has 0 aliphatic rings. The summed E-state index contributed by atoms with van der Waals surface area (Å²) in [7, 11) is 1.87. The van der Waals surface area contributed by atoms with E-state index in [0.29, 0.717) is 6.54 Å². The zero-order chi connectivity index (χ0) is 13.8. The number of aryl methyl sites for hydroxylation is 1. The summed E-state index contributed by atoms with van der Waals surface area (Å²) in [4.78, 5) is 12.0. The number of nitrogens with two attached hydrogens (primary N) is 1. The summed E-state index contributed by atoms with van der Waals surface area (Å²) in [6, 6.07) is 8.69. The first kappa shape index (κ1) is 13.3. The van der Waals surface area contributed by atoms with Gasteiger partial charge in [-0.1, -0.05) is 30.3 Å². The van der Waals surface area contributed by atoms with Crippen molar-refractivity contribution in [1.82, 2.24) is 15.1 Å². The van der Waals surface area contributed by atoms with Crippen molar-refractivity contribution in [1.29, 1.82) is 0 Å². The van der Waals surface area contributed by atoms with Crippen LogP contribution in [0.4, 0.5) is 0 Å². The molecule has 5 heteroatoms. The van der Waals surface area contributed by atoms with Crippen LogP contribution >= 0.6 is 0 Å². The third-order valence-corrected chi connectivity index (χ3v) is 3.23. The van der Waals surface area contributed by atoms with E-state index in [2.05, 4.69) is 10.4 Å². The predicted octanol–water partition coefficient (Wildman–Crippen LogP) is 1.04. The van der Waals surface area contributed by atoms with Gasteiger partial charge in [-0.25, -0.2) is 0 Å². The number of hydrogen-bond donors (Lipinski definition) is 2. The zero-order valence-corrected chi connectivity index (χ0v) is 11.1. The number of amides is 1. The van der Waals surface area contributed by atoms with Gasteiger partial charge < -0.3 is 11.1 Å². The number of nitrogens with zero attached hydrogens (tertiary/aromatic N) is 2. The molecule has 2 aromatic rings. The zero-order valence-electron chi connectivity index (χ0n) is 11.1. The highest BCUT2D eigenvalue weighted by atomic mass is 16.2. The summed E-state index contributed by atoms with van der Waals surface area (Å²) in [5, 5.41) is 6.97. The molecule has 1 aromatic carbocycles. The highest BCUT2D eigenvalue weighted by molar-refractivity contribution is 5.82. The van der Waals surface area contributed by atoms with Gasteiger partial charge in [0.1, 0.15) is 6.04 Å². The lowest BCUT2D eigenvalue weighted by molar-refractivity contribution is -0.122. The van der Waals surface area contributed by atoms with Crippen LogP contribution in [-0.4, -0.2) is 15.7 Å². The molecule has 19 heavy (non-hydrogen) atoms. The van der Waals surface area contributed by atoms with Crippen molar-refractivity contribution in [2.24, 2.45) is 12.8 Å². The lowest BCUT2D eigenvalue weighted by atomic mass is 10.1. The van der Waals surface area contributed by atoms with Crippen LogP contribution in [0.3, 0.4) is 0 Å². The van der Waals surface area contributed by atoms with Crippen LogP contribution in [0.5, 0.6) is 0 Å². The van der Waals surface area contributed by atoms with Crippen LogP contribution in [0, 0.1) is 6.92 Å². The molecule has 100 valence electrons. The first-order valence-electron chi connectivity index (χ1n) is 6.15. The van der Waals surface area contributed by atoms with E-state index in [-0.39, 0.29) is 5.91 Å². The monoisotopic (exact) mass is 258 g/mol. The van der Waals surface area contributed by atoms with Crippen LogP contribution in [0.25, 0.3) is 0 Å². The fraction of sp³-hybridized carbons (Fsp3) is 0.286. The SMILES string of the molecule is Cc1c(CNC(=O)[C@H](N)c2ccccc2)cnn1C. The second kappa shape index (κ2) is 5.67. The second-order valence-corrected chi connectivity index (χ2v) is 4.48. The van der Waals surface area contributed by atoms with E-state index in [4.69, 9.17) is 5.73 Å². The summed E-state index contributed by atoms with van der Waals surface area (Å²) in [6.45, 7) is 2.41. The molecule has 3 N–H and O–H groups in total. The smallest absolute Gasteiger partial charge is 0.241 e. The molecule has 1 atom stereocenters. The van der Waals surface area contributed by atoms with Gasteiger partial charge in [0.25, 0.3) is 0 Å². The maximum absolute atomic E-state index is 12.0. The third-order valence-electron chi connectivity index (χ3n) is 3.23. The maximum atomic E-state index is 12.0. The van der Waals surface area contributed by atoms with Gasteiger partial charge in [0.05, 0.1) is 6.20 Å². The van der Waals surface area contributed by atoms with Crippen molar-refractivity contribution < 1.29 is 4.79 Å². The number of carbonyl (C=O) groups is 1. The Morgan fingerprint density at radius 1 is 1.42 bits per heavy atom. The van der Waals surface area contributed by atoms with Crippen LogP contribution < -0.4 is 11.1 Å². The fourth-order valence-corrected chi connectivity index (χ4v) is 1.82. The van der Waals surface area contributed by atoms with E-state index in [9.17, 15) is 4.79 Å². The molecule has 0 spiro atoms. The molecule has 0 radical (unpaired) electrons. The topological polar surface area (TPSA) is 72.9 Å². The molecule has 1 heterocycles. The first-order valence-corrected chi connectivity index (χ1v) is 6.15. The van der Waals surface area contributed by atoms with Crippen LogP contribution in [0.2, 0.25) is 0 Å². The molecule has 0 unspecified atom stereocenters. The van der Waals surface area contributed by atoms with Crippen molar-refractivity contribution in [3.63, 3.8) is 0 Å². The number of rotatable bonds is 4. The van der Waals surface area contributed by atoms with Gasteiger partial charge in [0.15, 0.2) is 0 Å². The van der Waals surface area contributed by atoms with Gasteiger partial charge >= 0.3 is 0 Å². The Balaban J connectivity index is 1.97. The van der Waals surface area contributed by atoms with Crippen LogP contribution in [-0.2, 0) is 18.4 Å². The second-order valence-electron chi connectivity index (χ2n) is 4.48. The Morgan fingerprint density at radius 3 is 2.68 bits per heavy atom. The summed E-state index contributed by atoms with van der Waals surface area (Å²) in [6.07, 6.45) is 1.75. The van der Waals surface area contributed by atoms with Gasteiger partial charge in [0.2, 0.25) is 5.91 Å². The molecular weight excluding hydrogens is 240 g/mol. The number of hydrogen-bond acceptors (Lipinski definition) is 3. The molecule has 0 fully saturated rings. The average molecular weight is 258 g/mol. The van der Waals surface area contributed by atoms with Crippen LogP contribution in [0.1, 0.15) is 22.9 Å². The Kier molecular flexibility index (Phi) is 3.97. The van der Waals surface area contributed by atoms with E-state index in [1.807, 2.05) is 44.3 Å². The lowest BCUT2D eigenvalue weighted by Gasteiger charge is -2.12. The largest absolute Gasteiger partial charge is 0.350 e. The van der Waals surface area contributed by atoms with Crippen molar-refractivity contribution >= 4 is 5.91 Å². The van der Waals surface area contributed by atoms with Crippen molar-refractivity contribution in [2.45, 2.75) is 19.5 Å². The Bertz CT molecular complexity index is 562. The van der Waals surface area contributed by atoms with E-state index in [1.165, 1.54) is 0 Å². The minimum absolute atomic E-state index is 0.186. The minimum atomic E-state index is -0.641. The third kappa shape index (κ3) is 3.00. The van der Waals surface area contributed by atoms with Crippen molar-refractivity contribution in [2.75, 3.05) is 0 Å². The fourth-order valence-electron chi connectivity index (χ4n) is 1.82. The molecule has 0 saturated heterocycles. The van der Waals surface area contributed by atoms with Crippen molar-refractivity contribution in [3.8, 4) is 0 Å². The normalized spacial score (nSPS) is 12.2. The average Bonchev–Trinajstić information content (AvgIpc) is 2.76. The van der Waals surface area contributed by atoms with Crippen LogP contribution in [0.15, 0.2) is 36.5 Å².